The molecule has 1 amide bonds. The van der Waals surface area contributed by atoms with Crippen molar-refractivity contribution in [1.29, 1.82) is 0 Å². The van der Waals surface area contributed by atoms with Crippen LogP contribution in [0.3, 0.4) is 0 Å². The van der Waals surface area contributed by atoms with Crippen molar-refractivity contribution in [2.75, 3.05) is 24.7 Å². The van der Waals surface area contributed by atoms with Crippen molar-refractivity contribution < 1.29 is 4.79 Å². The first-order valence-corrected chi connectivity index (χ1v) is 6.17. The molecular formula is C11H14N2OS. The summed E-state index contributed by atoms with van der Waals surface area (Å²) in [4.78, 5) is 12.8. The van der Waals surface area contributed by atoms with E-state index in [1.165, 1.54) is 4.90 Å². The summed E-state index contributed by atoms with van der Waals surface area (Å²) in [6, 6.07) is 7.91. The van der Waals surface area contributed by atoms with E-state index in [2.05, 4.69) is 10.6 Å². The number of benzene rings is 1. The number of rotatable bonds is 3. The fourth-order valence-corrected chi connectivity index (χ4v) is 1.80. The number of carbonyl (C=O) groups is 1. The number of thioether (sulfide) groups is 1. The van der Waals surface area contributed by atoms with Gasteiger partial charge in [-0.05, 0) is 30.5 Å². The van der Waals surface area contributed by atoms with Gasteiger partial charge >= 0.3 is 0 Å². The van der Waals surface area contributed by atoms with Gasteiger partial charge in [-0.15, -0.1) is 11.8 Å². The summed E-state index contributed by atoms with van der Waals surface area (Å²) in [6.07, 6.45) is 2.04. The number of hydrogen-bond acceptors (Lipinski definition) is 3. The first-order valence-electron chi connectivity index (χ1n) is 4.95. The van der Waals surface area contributed by atoms with Crippen molar-refractivity contribution in [2.45, 2.75) is 4.90 Å². The van der Waals surface area contributed by atoms with E-state index < -0.39 is 0 Å². The van der Waals surface area contributed by atoms with E-state index in [4.69, 9.17) is 0 Å². The number of hydrogen-bond donors (Lipinski definition) is 2. The number of anilines is 1. The second-order valence-corrected chi connectivity index (χ2v) is 4.45. The highest BCUT2D eigenvalue weighted by molar-refractivity contribution is 7.98. The Bertz CT molecular complexity index is 346. The maximum absolute atomic E-state index is 11.6. The third-order valence-corrected chi connectivity index (χ3v) is 3.25. The molecule has 1 aromatic carbocycles. The molecule has 1 aromatic rings. The van der Waals surface area contributed by atoms with Gasteiger partial charge in [-0.2, -0.15) is 0 Å². The van der Waals surface area contributed by atoms with E-state index >= 15 is 0 Å². The van der Waals surface area contributed by atoms with Crippen LogP contribution in [0.4, 0.5) is 5.69 Å². The summed E-state index contributed by atoms with van der Waals surface area (Å²) in [6.45, 7) is 1.60. The molecule has 1 heterocycles. The zero-order valence-electron chi connectivity index (χ0n) is 8.62. The van der Waals surface area contributed by atoms with Crippen LogP contribution in [0, 0.1) is 5.92 Å². The highest BCUT2D eigenvalue weighted by atomic mass is 32.2. The smallest absolute Gasteiger partial charge is 0.230 e. The lowest BCUT2D eigenvalue weighted by Gasteiger charge is -2.25. The van der Waals surface area contributed by atoms with E-state index in [9.17, 15) is 4.79 Å². The van der Waals surface area contributed by atoms with Crippen molar-refractivity contribution in [3.05, 3.63) is 24.3 Å². The fourth-order valence-electron chi connectivity index (χ4n) is 1.39. The molecule has 2 N–H and O–H groups in total. The Morgan fingerprint density at radius 1 is 1.40 bits per heavy atom. The molecule has 15 heavy (non-hydrogen) atoms. The Kier molecular flexibility index (Phi) is 3.28. The van der Waals surface area contributed by atoms with Gasteiger partial charge in [0.15, 0.2) is 0 Å². The van der Waals surface area contributed by atoms with E-state index in [0.717, 1.165) is 18.8 Å². The van der Waals surface area contributed by atoms with Crippen molar-refractivity contribution in [2.24, 2.45) is 5.92 Å². The second kappa shape index (κ2) is 4.68. The second-order valence-electron chi connectivity index (χ2n) is 3.57. The zero-order chi connectivity index (χ0) is 10.7. The first kappa shape index (κ1) is 10.5. The molecule has 0 bridgehead atoms. The molecule has 4 heteroatoms. The van der Waals surface area contributed by atoms with E-state index in [-0.39, 0.29) is 11.8 Å². The first-order chi connectivity index (χ1) is 7.29. The molecule has 0 radical (unpaired) electrons. The van der Waals surface area contributed by atoms with Crippen molar-refractivity contribution in [3.8, 4) is 0 Å². The SMILES string of the molecule is CSc1ccc(NC(=O)C2CNC2)cc1. The fraction of sp³-hybridized carbons (Fsp3) is 0.364. The molecule has 1 fully saturated rings. The van der Waals surface area contributed by atoms with Gasteiger partial charge in [-0.1, -0.05) is 0 Å². The molecule has 0 atom stereocenters. The Balaban J connectivity index is 1.94. The maximum atomic E-state index is 11.6. The van der Waals surface area contributed by atoms with E-state index in [1.54, 1.807) is 11.8 Å². The number of nitrogens with one attached hydrogen (secondary N) is 2. The summed E-state index contributed by atoms with van der Waals surface area (Å²) in [5.41, 5.74) is 0.879. The molecule has 2 rings (SSSR count). The van der Waals surface area contributed by atoms with Gasteiger partial charge < -0.3 is 10.6 Å². The zero-order valence-corrected chi connectivity index (χ0v) is 9.43. The quantitative estimate of drug-likeness (QED) is 0.763. The Morgan fingerprint density at radius 2 is 2.07 bits per heavy atom. The molecule has 0 unspecified atom stereocenters. The summed E-state index contributed by atoms with van der Waals surface area (Å²) in [7, 11) is 0. The van der Waals surface area contributed by atoms with Gasteiger partial charge in [0, 0.05) is 23.7 Å². The normalized spacial score (nSPS) is 15.8. The Labute approximate surface area is 93.6 Å². The van der Waals surface area contributed by atoms with Crippen LogP contribution in [0.25, 0.3) is 0 Å². The van der Waals surface area contributed by atoms with E-state index in [0.29, 0.717) is 0 Å². The van der Waals surface area contributed by atoms with Crippen LogP contribution in [0.2, 0.25) is 0 Å². The molecule has 1 aliphatic rings. The van der Waals surface area contributed by atoms with Gasteiger partial charge in [-0.25, -0.2) is 0 Å². The van der Waals surface area contributed by atoms with Crippen LogP contribution in [0.15, 0.2) is 29.2 Å². The lowest BCUT2D eigenvalue weighted by Crippen LogP contribution is -2.48. The Hall–Kier alpha value is -1.00. The lowest BCUT2D eigenvalue weighted by atomic mass is 10.0. The molecule has 0 aromatic heterocycles. The lowest BCUT2D eigenvalue weighted by molar-refractivity contribution is -0.121. The minimum Gasteiger partial charge on any atom is -0.326 e. The Morgan fingerprint density at radius 3 is 2.53 bits per heavy atom. The largest absolute Gasteiger partial charge is 0.326 e. The molecule has 0 saturated carbocycles. The van der Waals surface area contributed by atoms with Crippen LogP contribution >= 0.6 is 11.8 Å². The van der Waals surface area contributed by atoms with Gasteiger partial charge in [0.25, 0.3) is 0 Å². The highest BCUT2D eigenvalue weighted by Crippen LogP contribution is 2.18. The molecule has 1 saturated heterocycles. The molecule has 3 nitrogen and oxygen atoms in total. The third kappa shape index (κ3) is 2.52. The van der Waals surface area contributed by atoms with Crippen molar-refractivity contribution >= 4 is 23.4 Å². The van der Waals surface area contributed by atoms with Gasteiger partial charge in [-0.3, -0.25) is 4.79 Å². The number of amides is 1. The van der Waals surface area contributed by atoms with Crippen LogP contribution in [0.1, 0.15) is 0 Å². The maximum Gasteiger partial charge on any atom is 0.230 e. The monoisotopic (exact) mass is 222 g/mol. The third-order valence-electron chi connectivity index (χ3n) is 2.51. The van der Waals surface area contributed by atoms with Crippen LogP contribution in [-0.2, 0) is 4.79 Å². The molecule has 1 aliphatic heterocycles. The molecule has 80 valence electrons. The minimum absolute atomic E-state index is 0.116. The van der Waals surface area contributed by atoms with Crippen LogP contribution in [-0.4, -0.2) is 25.3 Å². The van der Waals surface area contributed by atoms with Gasteiger partial charge in [0.1, 0.15) is 0 Å². The number of carbonyl (C=O) groups excluding carboxylic acids is 1. The summed E-state index contributed by atoms with van der Waals surface area (Å²) < 4.78 is 0. The molecule has 0 aliphatic carbocycles. The average molecular weight is 222 g/mol. The summed E-state index contributed by atoms with van der Waals surface area (Å²) in [5, 5.41) is 5.99. The van der Waals surface area contributed by atoms with Crippen molar-refractivity contribution in [3.63, 3.8) is 0 Å². The standard InChI is InChI=1S/C11H14N2OS/c1-15-10-4-2-9(3-5-10)13-11(14)8-6-12-7-8/h2-5,8,12H,6-7H2,1H3,(H,13,14). The molecular weight excluding hydrogens is 208 g/mol. The summed E-state index contributed by atoms with van der Waals surface area (Å²) >= 11 is 1.70. The predicted molar refractivity (Wildman–Crippen MR) is 63.2 cm³/mol. The van der Waals surface area contributed by atoms with Crippen molar-refractivity contribution in [1.82, 2.24) is 5.32 Å². The van der Waals surface area contributed by atoms with Gasteiger partial charge in [0.05, 0.1) is 5.92 Å². The predicted octanol–water partition coefficient (Wildman–Crippen LogP) is 1.57. The van der Waals surface area contributed by atoms with Crippen LogP contribution < -0.4 is 10.6 Å². The van der Waals surface area contributed by atoms with E-state index in [1.807, 2.05) is 30.5 Å². The van der Waals surface area contributed by atoms with Crippen LogP contribution in [0.5, 0.6) is 0 Å². The van der Waals surface area contributed by atoms with Gasteiger partial charge in [0.2, 0.25) is 5.91 Å². The average Bonchev–Trinajstić information content (AvgIpc) is 2.16. The molecule has 0 spiro atoms. The minimum atomic E-state index is 0.116. The topological polar surface area (TPSA) is 41.1 Å². The summed E-state index contributed by atoms with van der Waals surface area (Å²) in [5.74, 6) is 0.260. The highest BCUT2D eigenvalue weighted by Gasteiger charge is 2.24.